The molecule has 0 saturated carbocycles. The highest BCUT2D eigenvalue weighted by atomic mass is 31.2. The molecular formula is C28H43BN6O11P2. The van der Waals surface area contributed by atoms with Crippen LogP contribution in [0.2, 0.25) is 0 Å². The first-order valence-corrected chi connectivity index (χ1v) is 18.3. The molecule has 2 aromatic rings. The van der Waals surface area contributed by atoms with E-state index in [2.05, 4.69) is 25.9 Å². The van der Waals surface area contributed by atoms with Gasteiger partial charge >= 0.3 is 14.7 Å². The fourth-order valence-corrected chi connectivity index (χ4v) is 6.55. The summed E-state index contributed by atoms with van der Waals surface area (Å²) >= 11 is 0. The zero-order valence-electron chi connectivity index (χ0n) is 26.7. The summed E-state index contributed by atoms with van der Waals surface area (Å²) < 4.78 is 34.9. The molecule has 1 aromatic heterocycles. The smallest absolute Gasteiger partial charge is 0.408 e. The van der Waals surface area contributed by atoms with Crippen LogP contribution in [0.4, 0.5) is 0 Å². The minimum Gasteiger partial charge on any atom is -0.408 e. The highest BCUT2D eigenvalue weighted by Gasteiger charge is 2.52. The summed E-state index contributed by atoms with van der Waals surface area (Å²) in [6.45, 7) is 5.52. The van der Waals surface area contributed by atoms with Gasteiger partial charge in [-0.15, -0.1) is 0 Å². The van der Waals surface area contributed by atoms with E-state index in [-0.39, 0.29) is 44.3 Å². The summed E-state index contributed by atoms with van der Waals surface area (Å²) in [4.78, 5) is 76.3. The third-order valence-corrected chi connectivity index (χ3v) is 10.9. The lowest BCUT2D eigenvalue weighted by Gasteiger charge is -2.32. The minimum absolute atomic E-state index is 0.0149. The van der Waals surface area contributed by atoms with Gasteiger partial charge in [0.25, 0.3) is 5.91 Å². The summed E-state index contributed by atoms with van der Waals surface area (Å²) in [6, 6.07) is 8.33. The summed E-state index contributed by atoms with van der Waals surface area (Å²) in [5, 5.41) is 14.8. The molecule has 0 spiro atoms. The predicted molar refractivity (Wildman–Crippen MR) is 175 cm³/mol. The third-order valence-electron chi connectivity index (χ3n) is 7.44. The van der Waals surface area contributed by atoms with Crippen molar-refractivity contribution < 1.29 is 52.6 Å². The molecular weight excluding hydrogens is 669 g/mol. The number of carbonyl (C=O) groups is 3. The number of hydrogen-bond acceptors (Lipinski definition) is 11. The fourth-order valence-electron chi connectivity index (χ4n) is 4.89. The Morgan fingerprint density at radius 3 is 2.33 bits per heavy atom. The summed E-state index contributed by atoms with van der Waals surface area (Å²) in [5.41, 5.74) is 0.914. The molecule has 0 bridgehead atoms. The first kappa shape index (κ1) is 39.4. The van der Waals surface area contributed by atoms with Crippen LogP contribution in [-0.4, -0.2) is 116 Å². The molecule has 0 aliphatic carbocycles. The van der Waals surface area contributed by atoms with Crippen LogP contribution >= 0.6 is 15.6 Å². The summed E-state index contributed by atoms with van der Waals surface area (Å²) in [6.07, 6.45) is 3.65. The average molecular weight is 712 g/mol. The van der Waals surface area contributed by atoms with Crippen molar-refractivity contribution in [3.8, 4) is 0 Å². The standard InChI is InChI=1S/C28H43BN6O11P2/c1-20(2)16-24(34-26(37)22(17-21-6-4-3-5-7-21)33-27(38)23-19-30-8-9-31-23)29-45-14-12-35(13-15-46-29)11-10-32-25(36)18-28(39,47(40)41)48(42,43)44/h3-9,19-20,22,24,39,47H,10-18H2,1-2H3,(H,32,36)(H,33,38)(H,34,37)(H,40,41)(H2,42,43,44)/t22-,24?,28?/m1/s1. The second-order valence-corrected chi connectivity index (χ2v) is 15.4. The van der Waals surface area contributed by atoms with Crippen molar-refractivity contribution in [1.29, 1.82) is 0 Å². The molecule has 20 heteroatoms. The number of amides is 3. The number of carbonyl (C=O) groups excluding carboxylic acids is 3. The largest absolute Gasteiger partial charge is 0.480 e. The van der Waals surface area contributed by atoms with Crippen molar-refractivity contribution >= 4 is 40.5 Å². The highest BCUT2D eigenvalue weighted by Crippen LogP contribution is 2.61. The lowest BCUT2D eigenvalue weighted by molar-refractivity contribution is -0.124. The number of nitrogens with zero attached hydrogens (tertiary/aromatic N) is 3. The molecule has 1 aliphatic heterocycles. The third kappa shape index (κ3) is 12.1. The lowest BCUT2D eigenvalue weighted by Crippen LogP contribution is -2.57. The quantitative estimate of drug-likeness (QED) is 0.0859. The van der Waals surface area contributed by atoms with Crippen LogP contribution in [0.5, 0.6) is 0 Å². The predicted octanol–water partition coefficient (Wildman–Crippen LogP) is -0.478. The second-order valence-electron chi connectivity index (χ2n) is 11.7. The molecule has 1 aromatic carbocycles. The molecule has 3 amide bonds. The molecule has 7 N–H and O–H groups in total. The van der Waals surface area contributed by atoms with Crippen molar-refractivity contribution in [2.45, 2.75) is 50.2 Å². The van der Waals surface area contributed by atoms with Crippen LogP contribution < -0.4 is 16.0 Å². The number of nitrogens with one attached hydrogen (secondary N) is 3. The van der Waals surface area contributed by atoms with Gasteiger partial charge in [-0.25, -0.2) is 4.98 Å². The molecule has 264 valence electrons. The van der Waals surface area contributed by atoms with E-state index >= 15 is 0 Å². The topological polar surface area (TPSA) is 250 Å². The average Bonchev–Trinajstić information content (AvgIpc) is 3.01. The van der Waals surface area contributed by atoms with E-state index in [1.165, 1.54) is 18.6 Å². The molecule has 2 heterocycles. The minimum atomic E-state index is -5.46. The number of hydrogen-bond donors (Lipinski definition) is 7. The van der Waals surface area contributed by atoms with Crippen LogP contribution in [0.25, 0.3) is 0 Å². The van der Waals surface area contributed by atoms with Gasteiger partial charge in [0.05, 0.1) is 18.6 Å². The normalized spacial score (nSPS) is 17.7. The van der Waals surface area contributed by atoms with Gasteiger partial charge < -0.3 is 45.0 Å². The Morgan fingerprint density at radius 1 is 1.10 bits per heavy atom. The molecule has 48 heavy (non-hydrogen) atoms. The maximum atomic E-state index is 13.7. The molecule has 3 rings (SSSR count). The van der Waals surface area contributed by atoms with E-state index in [0.29, 0.717) is 19.5 Å². The van der Waals surface area contributed by atoms with Crippen molar-refractivity contribution in [3.63, 3.8) is 0 Å². The van der Waals surface area contributed by atoms with E-state index < -0.39 is 64.0 Å². The van der Waals surface area contributed by atoms with E-state index in [1.54, 1.807) is 0 Å². The van der Waals surface area contributed by atoms with Crippen molar-refractivity contribution in [3.05, 3.63) is 60.2 Å². The monoisotopic (exact) mass is 712 g/mol. The van der Waals surface area contributed by atoms with E-state index in [1.807, 2.05) is 49.1 Å². The molecule has 17 nitrogen and oxygen atoms in total. The van der Waals surface area contributed by atoms with Crippen molar-refractivity contribution in [2.75, 3.05) is 39.4 Å². The van der Waals surface area contributed by atoms with E-state index in [4.69, 9.17) is 9.31 Å². The Morgan fingerprint density at radius 2 is 1.77 bits per heavy atom. The number of benzene rings is 1. The molecule has 3 unspecified atom stereocenters. The van der Waals surface area contributed by atoms with Crippen molar-refractivity contribution in [1.82, 2.24) is 30.8 Å². The van der Waals surface area contributed by atoms with Gasteiger partial charge in [-0.05, 0) is 17.9 Å². The van der Waals surface area contributed by atoms with E-state index in [9.17, 15) is 43.3 Å². The second kappa shape index (κ2) is 18.6. The molecule has 1 saturated heterocycles. The Kier molecular flexibility index (Phi) is 15.3. The van der Waals surface area contributed by atoms with Crippen LogP contribution in [-0.2, 0) is 34.4 Å². The summed E-state index contributed by atoms with van der Waals surface area (Å²) in [7, 11) is -10.4. The zero-order valence-corrected chi connectivity index (χ0v) is 28.6. The van der Waals surface area contributed by atoms with Gasteiger partial charge in [0, 0.05) is 58.2 Å². The van der Waals surface area contributed by atoms with E-state index in [0.717, 1.165) is 5.56 Å². The van der Waals surface area contributed by atoms with Gasteiger partial charge in [-0.3, -0.25) is 33.4 Å². The van der Waals surface area contributed by atoms with Crippen LogP contribution in [0.3, 0.4) is 0 Å². The van der Waals surface area contributed by atoms with Gasteiger partial charge in [0.2, 0.25) is 24.9 Å². The molecule has 0 radical (unpaired) electrons. The number of aliphatic hydroxyl groups is 1. The molecule has 1 aliphatic rings. The Hall–Kier alpha value is -3.05. The maximum Gasteiger partial charge on any atom is 0.480 e. The Labute approximate surface area is 279 Å². The lowest BCUT2D eigenvalue weighted by atomic mass is 9.73. The summed E-state index contributed by atoms with van der Waals surface area (Å²) in [5.74, 6) is -2.37. The number of rotatable bonds is 16. The Balaban J connectivity index is 1.58. The van der Waals surface area contributed by atoms with Crippen LogP contribution in [0.15, 0.2) is 48.9 Å². The van der Waals surface area contributed by atoms with Crippen LogP contribution in [0.1, 0.15) is 42.7 Å². The van der Waals surface area contributed by atoms with Gasteiger partial charge in [0.15, 0.2) is 0 Å². The fraction of sp³-hybridized carbons (Fsp3) is 0.536. The SMILES string of the molecule is CC(C)CC(NC(=O)[C@@H](Cc1ccccc1)NC(=O)c1cnccn1)B1OCCN(CCNC(=O)CC(O)([PH](=O)O)P(=O)(O)O)CCO1. The van der Waals surface area contributed by atoms with Gasteiger partial charge in [0.1, 0.15) is 11.7 Å². The first-order valence-electron chi connectivity index (χ1n) is 15.3. The highest BCUT2D eigenvalue weighted by molar-refractivity contribution is 7.66. The maximum absolute atomic E-state index is 13.7. The van der Waals surface area contributed by atoms with Gasteiger partial charge in [-0.1, -0.05) is 44.2 Å². The zero-order chi connectivity index (χ0) is 35.3. The first-order chi connectivity index (χ1) is 22.7. The number of aromatic nitrogens is 2. The Bertz CT molecular complexity index is 1420. The van der Waals surface area contributed by atoms with Gasteiger partial charge in [-0.2, -0.15) is 0 Å². The molecule has 4 atom stereocenters. The van der Waals surface area contributed by atoms with Crippen LogP contribution in [0, 0.1) is 5.92 Å². The molecule has 1 fully saturated rings. The van der Waals surface area contributed by atoms with Crippen molar-refractivity contribution in [2.24, 2.45) is 5.92 Å².